The van der Waals surface area contributed by atoms with Crippen molar-refractivity contribution >= 4 is 16.2 Å². The molecule has 2 fully saturated rings. The van der Waals surface area contributed by atoms with Crippen LogP contribution in [0.4, 0.5) is 4.79 Å². The number of ether oxygens (including phenoxy) is 1. The van der Waals surface area contributed by atoms with Crippen molar-refractivity contribution in [3.05, 3.63) is 29.8 Å². The van der Waals surface area contributed by atoms with Crippen molar-refractivity contribution in [2.45, 2.75) is 43.6 Å². The molecule has 0 aromatic heterocycles. The van der Waals surface area contributed by atoms with Gasteiger partial charge >= 0.3 is 6.09 Å². The van der Waals surface area contributed by atoms with Gasteiger partial charge in [-0.3, -0.25) is 4.18 Å². The molecule has 3 rings (SSSR count). The molecule has 1 unspecified atom stereocenters. The normalized spacial score (nSPS) is 22.7. The van der Waals surface area contributed by atoms with Crippen LogP contribution < -0.4 is 0 Å². The van der Waals surface area contributed by atoms with Gasteiger partial charge in [0.15, 0.2) is 0 Å². The highest BCUT2D eigenvalue weighted by Gasteiger charge is 2.43. The summed E-state index contributed by atoms with van der Waals surface area (Å²) in [6, 6.07) is 6.57. The number of piperidine rings is 1. The minimum Gasteiger partial charge on any atom is -0.465 e. The van der Waals surface area contributed by atoms with Crippen molar-refractivity contribution in [1.82, 2.24) is 4.90 Å². The van der Waals surface area contributed by atoms with Crippen molar-refractivity contribution in [3.8, 4) is 0 Å². The van der Waals surface area contributed by atoms with Crippen LogP contribution in [0.15, 0.2) is 29.2 Å². The maximum atomic E-state index is 12.2. The van der Waals surface area contributed by atoms with Crippen LogP contribution in [0.1, 0.15) is 31.2 Å². The van der Waals surface area contributed by atoms with E-state index in [9.17, 15) is 13.2 Å². The Labute approximate surface area is 154 Å². The number of hydrogen-bond acceptors (Lipinski definition) is 5. The largest absolute Gasteiger partial charge is 0.465 e. The van der Waals surface area contributed by atoms with E-state index in [0.717, 1.165) is 24.8 Å². The number of amides is 1. The van der Waals surface area contributed by atoms with Gasteiger partial charge in [0.05, 0.1) is 24.2 Å². The Kier molecular flexibility index (Phi) is 5.55. The summed E-state index contributed by atoms with van der Waals surface area (Å²) >= 11 is 0. The van der Waals surface area contributed by atoms with E-state index < -0.39 is 16.2 Å². The number of likely N-dealkylation sites (tertiary alicyclic amines) is 1. The van der Waals surface area contributed by atoms with Gasteiger partial charge in [0.25, 0.3) is 10.1 Å². The van der Waals surface area contributed by atoms with Crippen molar-refractivity contribution < 1.29 is 27.2 Å². The van der Waals surface area contributed by atoms with Crippen molar-refractivity contribution in [2.75, 3.05) is 26.3 Å². The monoisotopic (exact) mass is 383 g/mol. The highest BCUT2D eigenvalue weighted by atomic mass is 32.2. The number of nitrogens with zero attached hydrogens (tertiary/aromatic N) is 1. The van der Waals surface area contributed by atoms with E-state index >= 15 is 0 Å². The SMILES string of the molecule is Cc1ccc(S(=O)(=O)OCCC2CC3(CCN(C(=O)O)CC3)CO2)cc1. The molecule has 1 atom stereocenters. The van der Waals surface area contributed by atoms with E-state index in [4.69, 9.17) is 14.0 Å². The summed E-state index contributed by atoms with van der Waals surface area (Å²) in [6.07, 6.45) is 2.00. The lowest BCUT2D eigenvalue weighted by Gasteiger charge is -2.37. The van der Waals surface area contributed by atoms with Crippen LogP contribution in [0.3, 0.4) is 0 Å². The smallest absolute Gasteiger partial charge is 0.407 e. The summed E-state index contributed by atoms with van der Waals surface area (Å²) in [7, 11) is -3.75. The zero-order valence-corrected chi connectivity index (χ0v) is 15.7. The van der Waals surface area contributed by atoms with E-state index in [2.05, 4.69) is 0 Å². The molecule has 2 aliphatic heterocycles. The Bertz CT molecular complexity index is 737. The van der Waals surface area contributed by atoms with Crippen molar-refractivity contribution in [1.29, 1.82) is 0 Å². The summed E-state index contributed by atoms with van der Waals surface area (Å²) in [4.78, 5) is 12.6. The Morgan fingerprint density at radius 1 is 1.31 bits per heavy atom. The summed E-state index contributed by atoms with van der Waals surface area (Å²) < 4.78 is 35.4. The number of aryl methyl sites for hydroxylation is 1. The molecule has 0 saturated carbocycles. The van der Waals surface area contributed by atoms with Crippen molar-refractivity contribution in [3.63, 3.8) is 0 Å². The molecule has 2 heterocycles. The fourth-order valence-corrected chi connectivity index (χ4v) is 4.59. The molecular formula is C18H25NO6S. The van der Waals surface area contributed by atoms with Crippen LogP contribution in [0, 0.1) is 12.3 Å². The lowest BCUT2D eigenvalue weighted by Crippen LogP contribution is -2.42. The molecule has 7 nitrogen and oxygen atoms in total. The second-order valence-corrected chi connectivity index (χ2v) is 8.90. The molecule has 0 radical (unpaired) electrons. The maximum Gasteiger partial charge on any atom is 0.407 e. The first-order valence-electron chi connectivity index (χ1n) is 8.85. The molecule has 1 spiro atoms. The van der Waals surface area contributed by atoms with Gasteiger partial charge in [-0.25, -0.2) is 4.79 Å². The number of carbonyl (C=O) groups is 1. The van der Waals surface area contributed by atoms with Gasteiger partial charge in [0.1, 0.15) is 0 Å². The predicted molar refractivity (Wildman–Crippen MR) is 94.6 cm³/mol. The molecule has 1 aromatic carbocycles. The van der Waals surface area contributed by atoms with Gasteiger partial charge < -0.3 is 14.7 Å². The van der Waals surface area contributed by atoms with Gasteiger partial charge in [-0.2, -0.15) is 8.42 Å². The first kappa shape index (κ1) is 19.1. The van der Waals surface area contributed by atoms with Crippen molar-refractivity contribution in [2.24, 2.45) is 5.41 Å². The number of hydrogen-bond donors (Lipinski definition) is 1. The van der Waals surface area contributed by atoms with Gasteiger partial charge in [-0.05, 0) is 50.2 Å². The van der Waals surface area contributed by atoms with Gasteiger partial charge in [-0.15, -0.1) is 0 Å². The second-order valence-electron chi connectivity index (χ2n) is 7.28. The summed E-state index contributed by atoms with van der Waals surface area (Å²) in [5, 5.41) is 9.04. The Morgan fingerprint density at radius 3 is 2.58 bits per heavy atom. The Balaban J connectivity index is 1.46. The van der Waals surface area contributed by atoms with Crippen LogP contribution in [0.2, 0.25) is 0 Å². The molecule has 2 aliphatic rings. The van der Waals surface area contributed by atoms with E-state index in [-0.39, 0.29) is 23.0 Å². The summed E-state index contributed by atoms with van der Waals surface area (Å²) in [6.45, 7) is 3.65. The van der Waals surface area contributed by atoms with Crippen LogP contribution in [0.5, 0.6) is 0 Å². The van der Waals surface area contributed by atoms with E-state index in [1.165, 1.54) is 4.90 Å². The quantitative estimate of drug-likeness (QED) is 0.786. The highest BCUT2D eigenvalue weighted by molar-refractivity contribution is 7.86. The lowest BCUT2D eigenvalue weighted by molar-refractivity contribution is 0.0579. The van der Waals surface area contributed by atoms with Gasteiger partial charge in [0, 0.05) is 13.1 Å². The van der Waals surface area contributed by atoms with E-state index in [1.54, 1.807) is 24.3 Å². The third kappa shape index (κ3) is 4.36. The molecule has 0 bridgehead atoms. The molecule has 1 N–H and O–H groups in total. The minimum atomic E-state index is -3.75. The fourth-order valence-electron chi connectivity index (χ4n) is 3.66. The number of rotatable bonds is 5. The maximum absolute atomic E-state index is 12.2. The van der Waals surface area contributed by atoms with Crippen LogP contribution in [-0.2, 0) is 19.0 Å². The third-order valence-corrected chi connectivity index (χ3v) is 6.69. The minimum absolute atomic E-state index is 0.0203. The first-order chi connectivity index (χ1) is 12.3. The third-order valence-electron chi connectivity index (χ3n) is 5.37. The topological polar surface area (TPSA) is 93.1 Å². The average Bonchev–Trinajstić information content (AvgIpc) is 2.98. The summed E-state index contributed by atoms with van der Waals surface area (Å²) in [5.74, 6) is 0. The molecule has 0 aliphatic carbocycles. The molecule has 1 amide bonds. The first-order valence-corrected chi connectivity index (χ1v) is 10.3. The van der Waals surface area contributed by atoms with E-state index in [1.807, 2.05) is 6.92 Å². The fraction of sp³-hybridized carbons (Fsp3) is 0.611. The van der Waals surface area contributed by atoms with Gasteiger partial charge in [0.2, 0.25) is 0 Å². The van der Waals surface area contributed by atoms with Crippen LogP contribution >= 0.6 is 0 Å². The van der Waals surface area contributed by atoms with Crippen LogP contribution in [-0.4, -0.2) is 56.9 Å². The molecular weight excluding hydrogens is 358 g/mol. The molecule has 144 valence electrons. The highest BCUT2D eigenvalue weighted by Crippen LogP contribution is 2.42. The van der Waals surface area contributed by atoms with Gasteiger partial charge in [-0.1, -0.05) is 17.7 Å². The Hall–Kier alpha value is -1.64. The van der Waals surface area contributed by atoms with Crippen LogP contribution in [0.25, 0.3) is 0 Å². The average molecular weight is 383 g/mol. The lowest BCUT2D eigenvalue weighted by atomic mass is 9.76. The standard InChI is InChI=1S/C18H25NO6S/c1-14-2-4-16(5-3-14)26(22,23)25-11-6-15-12-18(13-24-15)7-9-19(10-8-18)17(20)21/h2-5,15H,6-13H2,1H3,(H,20,21). The van der Waals surface area contributed by atoms with E-state index in [0.29, 0.717) is 26.1 Å². The Morgan fingerprint density at radius 2 is 1.96 bits per heavy atom. The summed E-state index contributed by atoms with van der Waals surface area (Å²) in [5.41, 5.74) is 1.01. The molecule has 1 aromatic rings. The predicted octanol–water partition coefficient (Wildman–Crippen LogP) is 2.64. The second kappa shape index (κ2) is 7.54. The molecule has 8 heteroatoms. The number of carboxylic acid groups (broad SMARTS) is 1. The molecule has 26 heavy (non-hydrogen) atoms. The molecule has 2 saturated heterocycles. The number of benzene rings is 1. The zero-order valence-electron chi connectivity index (χ0n) is 14.9. The zero-order chi connectivity index (χ0) is 18.8.